The molecule has 2 aromatic heterocycles. The number of hydrogen-bond donors (Lipinski definition) is 2. The Morgan fingerprint density at radius 2 is 1.89 bits per heavy atom. The summed E-state index contributed by atoms with van der Waals surface area (Å²) in [6.45, 7) is 1.72. The van der Waals surface area contributed by atoms with Gasteiger partial charge in [-0.25, -0.2) is 4.98 Å². The number of thioether (sulfide) groups is 1. The molecule has 1 aliphatic rings. The summed E-state index contributed by atoms with van der Waals surface area (Å²) in [5.41, 5.74) is 4.66. The molecule has 0 fully saturated rings. The average molecular weight is 549 g/mol. The Morgan fingerprint density at radius 3 is 2.63 bits per heavy atom. The van der Waals surface area contributed by atoms with Crippen molar-refractivity contribution in [3.63, 3.8) is 0 Å². The van der Waals surface area contributed by atoms with E-state index in [1.165, 1.54) is 11.8 Å². The normalized spacial score (nSPS) is 11.9. The number of anilines is 1. The topological polar surface area (TPSA) is 97.2 Å². The Kier molecular flexibility index (Phi) is 6.81. The Labute approximate surface area is 215 Å². The Hall–Kier alpha value is -3.27. The second-order valence-corrected chi connectivity index (χ2v) is 9.84. The minimum atomic E-state index is -0.144. The quantitative estimate of drug-likeness (QED) is 0.212. The van der Waals surface area contributed by atoms with E-state index >= 15 is 0 Å². The molecule has 0 saturated carbocycles. The highest BCUT2D eigenvalue weighted by atomic mass is 79.9. The SMILES string of the molecule is Cc1ncc(CO)c2c1Oc1nc(-c3ccccc3)nc(SCC(=O)Nc3ccc(Br)cc3)c1C2. The van der Waals surface area contributed by atoms with Gasteiger partial charge in [0.25, 0.3) is 0 Å². The third-order valence-electron chi connectivity index (χ3n) is 5.56. The number of carbonyl (C=O) groups is 1. The lowest BCUT2D eigenvalue weighted by molar-refractivity contribution is -0.113. The number of halogens is 1. The van der Waals surface area contributed by atoms with E-state index in [0.717, 1.165) is 32.5 Å². The molecule has 0 radical (unpaired) electrons. The van der Waals surface area contributed by atoms with E-state index in [1.54, 1.807) is 6.20 Å². The van der Waals surface area contributed by atoms with E-state index in [9.17, 15) is 9.90 Å². The number of amides is 1. The molecule has 2 aromatic carbocycles. The van der Waals surface area contributed by atoms with Gasteiger partial charge in [-0.1, -0.05) is 58.0 Å². The van der Waals surface area contributed by atoms with Gasteiger partial charge in [-0.15, -0.1) is 0 Å². The highest BCUT2D eigenvalue weighted by molar-refractivity contribution is 9.10. The molecule has 1 aliphatic heterocycles. The number of ether oxygens (including phenoxy) is 1. The number of carbonyl (C=O) groups excluding carboxylic acids is 1. The number of benzene rings is 2. The predicted molar refractivity (Wildman–Crippen MR) is 139 cm³/mol. The zero-order valence-corrected chi connectivity index (χ0v) is 21.2. The molecular formula is C26H21BrN4O3S. The van der Waals surface area contributed by atoms with Crippen molar-refractivity contribution in [2.24, 2.45) is 0 Å². The number of aliphatic hydroxyl groups is 1. The molecule has 176 valence electrons. The monoisotopic (exact) mass is 548 g/mol. The molecule has 4 aromatic rings. The van der Waals surface area contributed by atoms with Crippen LogP contribution in [0.15, 0.2) is 70.3 Å². The lowest BCUT2D eigenvalue weighted by Gasteiger charge is -2.24. The number of nitrogens with one attached hydrogen (secondary N) is 1. The number of aryl methyl sites for hydroxylation is 1. The fourth-order valence-electron chi connectivity index (χ4n) is 3.79. The summed E-state index contributed by atoms with van der Waals surface area (Å²) in [4.78, 5) is 26.5. The Balaban J connectivity index is 1.47. The van der Waals surface area contributed by atoms with E-state index in [-0.39, 0.29) is 18.3 Å². The smallest absolute Gasteiger partial charge is 0.234 e. The number of pyridine rings is 1. The molecule has 5 rings (SSSR count). The van der Waals surface area contributed by atoms with Crippen molar-refractivity contribution in [1.82, 2.24) is 15.0 Å². The fraction of sp³-hybridized carbons (Fsp3) is 0.154. The van der Waals surface area contributed by atoms with Crippen LogP contribution in [-0.2, 0) is 17.8 Å². The lowest BCUT2D eigenvalue weighted by Crippen LogP contribution is -2.16. The van der Waals surface area contributed by atoms with E-state index in [1.807, 2.05) is 61.5 Å². The zero-order valence-electron chi connectivity index (χ0n) is 18.8. The van der Waals surface area contributed by atoms with Gasteiger partial charge in [-0.3, -0.25) is 9.78 Å². The molecule has 0 spiro atoms. The first kappa shape index (κ1) is 23.5. The van der Waals surface area contributed by atoms with Crippen LogP contribution in [0, 0.1) is 6.92 Å². The number of rotatable bonds is 6. The largest absolute Gasteiger partial charge is 0.436 e. The number of aromatic nitrogens is 3. The average Bonchev–Trinajstić information content (AvgIpc) is 2.88. The maximum Gasteiger partial charge on any atom is 0.234 e. The fourth-order valence-corrected chi connectivity index (χ4v) is 4.88. The van der Waals surface area contributed by atoms with Crippen molar-refractivity contribution in [2.75, 3.05) is 11.1 Å². The van der Waals surface area contributed by atoms with Gasteiger partial charge in [0.15, 0.2) is 11.6 Å². The minimum absolute atomic E-state index is 0.140. The molecule has 0 aliphatic carbocycles. The number of nitrogens with zero attached hydrogens (tertiary/aromatic N) is 3. The molecule has 0 atom stereocenters. The van der Waals surface area contributed by atoms with Crippen molar-refractivity contribution < 1.29 is 14.6 Å². The summed E-state index contributed by atoms with van der Waals surface area (Å²) < 4.78 is 7.17. The molecule has 3 heterocycles. The summed E-state index contributed by atoms with van der Waals surface area (Å²) in [5, 5.41) is 13.4. The summed E-state index contributed by atoms with van der Waals surface area (Å²) in [7, 11) is 0. The third kappa shape index (κ3) is 5.07. The summed E-state index contributed by atoms with van der Waals surface area (Å²) >= 11 is 4.73. The van der Waals surface area contributed by atoms with Crippen LogP contribution in [0.5, 0.6) is 11.6 Å². The van der Waals surface area contributed by atoms with Crippen LogP contribution < -0.4 is 10.1 Å². The van der Waals surface area contributed by atoms with E-state index in [2.05, 4.69) is 26.2 Å². The Morgan fingerprint density at radius 1 is 1.11 bits per heavy atom. The van der Waals surface area contributed by atoms with Crippen LogP contribution in [0.25, 0.3) is 11.4 Å². The van der Waals surface area contributed by atoms with Crippen molar-refractivity contribution >= 4 is 39.3 Å². The van der Waals surface area contributed by atoms with E-state index in [0.29, 0.717) is 34.5 Å². The van der Waals surface area contributed by atoms with Gasteiger partial charge in [-0.2, -0.15) is 4.98 Å². The molecular weight excluding hydrogens is 528 g/mol. The molecule has 0 saturated heterocycles. The molecule has 0 bridgehead atoms. The first-order chi connectivity index (χ1) is 17.0. The maximum atomic E-state index is 12.7. The van der Waals surface area contributed by atoms with Gasteiger partial charge in [0, 0.05) is 39.5 Å². The summed E-state index contributed by atoms with van der Waals surface area (Å²) in [5.74, 6) is 1.61. The Bertz CT molecular complexity index is 1400. The molecule has 7 nitrogen and oxygen atoms in total. The van der Waals surface area contributed by atoms with Crippen molar-refractivity contribution in [3.8, 4) is 23.0 Å². The molecule has 35 heavy (non-hydrogen) atoms. The van der Waals surface area contributed by atoms with Gasteiger partial charge >= 0.3 is 0 Å². The second-order valence-electron chi connectivity index (χ2n) is 7.96. The van der Waals surface area contributed by atoms with E-state index in [4.69, 9.17) is 14.7 Å². The van der Waals surface area contributed by atoms with Crippen LogP contribution in [0.1, 0.15) is 22.4 Å². The lowest BCUT2D eigenvalue weighted by atomic mass is 9.99. The predicted octanol–water partition coefficient (Wildman–Crippen LogP) is 5.53. The van der Waals surface area contributed by atoms with Crippen molar-refractivity contribution in [1.29, 1.82) is 0 Å². The van der Waals surface area contributed by atoms with Gasteiger partial charge in [0.1, 0.15) is 5.03 Å². The molecule has 0 unspecified atom stereocenters. The number of aliphatic hydroxyl groups excluding tert-OH is 1. The van der Waals surface area contributed by atoms with Crippen LogP contribution in [-0.4, -0.2) is 31.7 Å². The van der Waals surface area contributed by atoms with Crippen molar-refractivity contribution in [2.45, 2.75) is 25.0 Å². The van der Waals surface area contributed by atoms with Crippen LogP contribution in [0.4, 0.5) is 5.69 Å². The summed E-state index contributed by atoms with van der Waals surface area (Å²) in [6, 6.07) is 17.1. The highest BCUT2D eigenvalue weighted by Gasteiger charge is 2.28. The minimum Gasteiger partial charge on any atom is -0.436 e. The maximum absolute atomic E-state index is 12.7. The summed E-state index contributed by atoms with van der Waals surface area (Å²) in [6.07, 6.45) is 2.15. The molecule has 9 heteroatoms. The van der Waals surface area contributed by atoms with Crippen LogP contribution >= 0.6 is 27.7 Å². The van der Waals surface area contributed by atoms with Gasteiger partial charge in [-0.05, 0) is 31.2 Å². The van der Waals surface area contributed by atoms with E-state index < -0.39 is 0 Å². The first-order valence-corrected chi connectivity index (χ1v) is 12.7. The van der Waals surface area contributed by atoms with Gasteiger partial charge in [0.2, 0.25) is 11.8 Å². The number of hydrogen-bond acceptors (Lipinski definition) is 7. The molecule has 2 N–H and O–H groups in total. The number of fused-ring (bicyclic) bond motifs is 2. The van der Waals surface area contributed by atoms with Gasteiger partial charge < -0.3 is 15.2 Å². The highest BCUT2D eigenvalue weighted by Crippen LogP contribution is 2.42. The third-order valence-corrected chi connectivity index (χ3v) is 7.10. The van der Waals surface area contributed by atoms with Crippen molar-refractivity contribution in [3.05, 3.63) is 87.7 Å². The standard InChI is InChI=1S/C26H21BrN4O3S/c1-15-23-20(17(13-32)12-28-15)11-21-25(34-23)30-24(16-5-3-2-4-6-16)31-26(21)35-14-22(33)29-19-9-7-18(27)8-10-19/h2-10,12,32H,11,13-14H2,1H3,(H,29,33). The van der Waals surface area contributed by atoms with Gasteiger partial charge in [0.05, 0.1) is 23.6 Å². The first-order valence-electron chi connectivity index (χ1n) is 10.9. The van der Waals surface area contributed by atoms with Crippen LogP contribution in [0.3, 0.4) is 0 Å². The second kappa shape index (κ2) is 10.2. The van der Waals surface area contributed by atoms with Crippen LogP contribution in [0.2, 0.25) is 0 Å². The molecule has 1 amide bonds. The zero-order chi connectivity index (χ0) is 24.4.